The van der Waals surface area contributed by atoms with Crippen LogP contribution in [-0.4, -0.2) is 31.4 Å². The largest absolute Gasteiger partial charge is 0.460 e. The van der Waals surface area contributed by atoms with Crippen LogP contribution in [0, 0.1) is 0 Å². The topological polar surface area (TPSA) is 59.6 Å². The molecule has 0 saturated heterocycles. The number of carbonyl (C=O) groups is 1. The number of benzene rings is 1. The predicted molar refractivity (Wildman–Crippen MR) is 93.6 cm³/mol. The second-order valence-electron chi connectivity index (χ2n) is 4.83. The summed E-state index contributed by atoms with van der Waals surface area (Å²) in [6, 6.07) is 4.57. The zero-order valence-corrected chi connectivity index (χ0v) is 14.9. The number of ether oxygens (including phenoxy) is 2. The summed E-state index contributed by atoms with van der Waals surface area (Å²) in [5, 5.41) is 7.21. The van der Waals surface area contributed by atoms with Crippen LogP contribution in [0.5, 0.6) is 0 Å². The zero-order chi connectivity index (χ0) is 17.0. The van der Waals surface area contributed by atoms with Gasteiger partial charge in [0.15, 0.2) is 5.11 Å². The van der Waals surface area contributed by atoms with Crippen molar-refractivity contribution >= 4 is 46.5 Å². The maximum absolute atomic E-state index is 12.5. The number of halogens is 2. The Hall–Kier alpha value is -1.34. The van der Waals surface area contributed by atoms with Gasteiger partial charge >= 0.3 is 5.97 Å². The van der Waals surface area contributed by atoms with Gasteiger partial charge in [0.2, 0.25) is 0 Å². The van der Waals surface area contributed by atoms with E-state index in [4.69, 9.17) is 44.9 Å². The van der Waals surface area contributed by atoms with E-state index in [1.54, 1.807) is 25.1 Å². The van der Waals surface area contributed by atoms with Gasteiger partial charge in [0.25, 0.3) is 0 Å². The quantitative estimate of drug-likeness (QED) is 0.469. The molecule has 0 aromatic heterocycles. The molecule has 124 valence electrons. The molecule has 0 fully saturated rings. The van der Waals surface area contributed by atoms with E-state index >= 15 is 0 Å². The van der Waals surface area contributed by atoms with Gasteiger partial charge in [-0.05, 0) is 31.3 Å². The predicted octanol–water partition coefficient (Wildman–Crippen LogP) is 2.98. The molecule has 1 aromatic rings. The number of nitrogens with one attached hydrogen (secondary N) is 2. The van der Waals surface area contributed by atoms with E-state index in [0.717, 1.165) is 0 Å². The highest BCUT2D eigenvalue weighted by atomic mass is 35.5. The van der Waals surface area contributed by atoms with Crippen LogP contribution < -0.4 is 10.6 Å². The molecule has 0 aliphatic carbocycles. The lowest BCUT2D eigenvalue weighted by atomic mass is 9.95. The van der Waals surface area contributed by atoms with E-state index in [2.05, 4.69) is 10.6 Å². The lowest BCUT2D eigenvalue weighted by molar-refractivity contribution is -0.140. The van der Waals surface area contributed by atoms with Crippen molar-refractivity contribution in [3.05, 3.63) is 45.1 Å². The van der Waals surface area contributed by atoms with Crippen molar-refractivity contribution in [1.82, 2.24) is 10.6 Å². The van der Waals surface area contributed by atoms with Gasteiger partial charge in [-0.25, -0.2) is 4.79 Å². The zero-order valence-electron chi connectivity index (χ0n) is 12.6. The number of allylic oxidation sites excluding steroid dienone is 1. The average molecular weight is 375 g/mol. The highest BCUT2D eigenvalue weighted by Crippen LogP contribution is 2.36. The molecule has 1 aliphatic heterocycles. The fourth-order valence-corrected chi connectivity index (χ4v) is 3.15. The Labute approximate surface area is 149 Å². The van der Waals surface area contributed by atoms with Crippen LogP contribution in [0.4, 0.5) is 0 Å². The van der Waals surface area contributed by atoms with Gasteiger partial charge in [-0.15, -0.1) is 0 Å². The molecule has 23 heavy (non-hydrogen) atoms. The minimum atomic E-state index is -0.583. The lowest BCUT2D eigenvalue weighted by Gasteiger charge is -2.30. The van der Waals surface area contributed by atoms with Gasteiger partial charge in [-0.3, -0.25) is 0 Å². The third kappa shape index (κ3) is 4.14. The van der Waals surface area contributed by atoms with Crippen molar-refractivity contribution in [2.24, 2.45) is 0 Å². The Morgan fingerprint density at radius 1 is 1.30 bits per heavy atom. The smallest absolute Gasteiger partial charge is 0.338 e. The van der Waals surface area contributed by atoms with Crippen LogP contribution in [0.1, 0.15) is 18.5 Å². The molecule has 1 aromatic carbocycles. The number of methoxy groups -OCH3 is 1. The Morgan fingerprint density at radius 3 is 2.57 bits per heavy atom. The molecule has 8 heteroatoms. The monoisotopic (exact) mass is 374 g/mol. The van der Waals surface area contributed by atoms with Crippen molar-refractivity contribution in [3.63, 3.8) is 0 Å². The maximum Gasteiger partial charge on any atom is 0.338 e. The van der Waals surface area contributed by atoms with Crippen molar-refractivity contribution < 1.29 is 14.3 Å². The van der Waals surface area contributed by atoms with Crippen LogP contribution in [-0.2, 0) is 14.3 Å². The summed E-state index contributed by atoms with van der Waals surface area (Å²) in [4.78, 5) is 12.5. The molecule has 1 atom stereocenters. The standard InChI is InChI=1S/C15H16Cl2N2O3S/c1-8-11(14(20)22-7-6-21-2)13(19-15(23)18-8)12-9(16)4-3-5-10(12)17/h3-5,13H,6-7H2,1-2H3,(H2,18,19,23)/t13-/m1/s1. The highest BCUT2D eigenvalue weighted by Gasteiger charge is 2.33. The van der Waals surface area contributed by atoms with Gasteiger partial charge in [0.1, 0.15) is 6.61 Å². The summed E-state index contributed by atoms with van der Waals surface area (Å²) in [6.07, 6.45) is 0. The molecule has 0 spiro atoms. The number of hydrogen-bond acceptors (Lipinski definition) is 4. The van der Waals surface area contributed by atoms with Crippen LogP contribution >= 0.6 is 35.4 Å². The third-order valence-electron chi connectivity index (χ3n) is 3.30. The molecule has 0 saturated carbocycles. The van der Waals surface area contributed by atoms with Gasteiger partial charge in [0.05, 0.1) is 18.2 Å². The summed E-state index contributed by atoms with van der Waals surface area (Å²) in [5.41, 5.74) is 1.56. The third-order valence-corrected chi connectivity index (χ3v) is 4.18. The first-order valence-electron chi connectivity index (χ1n) is 6.84. The molecule has 0 amide bonds. The summed E-state index contributed by atoms with van der Waals surface area (Å²) in [7, 11) is 1.53. The maximum atomic E-state index is 12.5. The van der Waals surface area contributed by atoms with E-state index in [0.29, 0.717) is 38.6 Å². The summed E-state index contributed by atoms with van der Waals surface area (Å²) in [6.45, 7) is 2.21. The molecule has 0 bridgehead atoms. The van der Waals surface area contributed by atoms with Gasteiger partial charge < -0.3 is 20.1 Å². The molecular weight excluding hydrogens is 359 g/mol. The van der Waals surface area contributed by atoms with E-state index in [-0.39, 0.29) is 6.61 Å². The number of rotatable bonds is 5. The molecule has 0 radical (unpaired) electrons. The number of carbonyl (C=O) groups excluding carboxylic acids is 1. The fraction of sp³-hybridized carbons (Fsp3) is 0.333. The minimum Gasteiger partial charge on any atom is -0.460 e. The van der Waals surface area contributed by atoms with Crippen LogP contribution in [0.15, 0.2) is 29.5 Å². The minimum absolute atomic E-state index is 0.152. The molecule has 5 nitrogen and oxygen atoms in total. The highest BCUT2D eigenvalue weighted by molar-refractivity contribution is 7.80. The Kier molecular flexibility index (Phi) is 6.24. The Morgan fingerprint density at radius 2 is 1.96 bits per heavy atom. The molecule has 1 heterocycles. The van der Waals surface area contributed by atoms with E-state index < -0.39 is 12.0 Å². The van der Waals surface area contributed by atoms with E-state index in [9.17, 15) is 4.79 Å². The van der Waals surface area contributed by atoms with Crippen LogP contribution in [0.3, 0.4) is 0 Å². The fourth-order valence-electron chi connectivity index (χ4n) is 2.26. The Bertz CT molecular complexity index is 644. The number of thiocarbonyl (C=S) groups is 1. The normalized spacial score (nSPS) is 17.6. The number of hydrogen-bond donors (Lipinski definition) is 2. The van der Waals surface area contributed by atoms with Crippen molar-refractivity contribution in [1.29, 1.82) is 0 Å². The first-order valence-corrected chi connectivity index (χ1v) is 8.00. The summed E-state index contributed by atoms with van der Waals surface area (Å²) >= 11 is 17.7. The van der Waals surface area contributed by atoms with E-state index in [1.165, 1.54) is 7.11 Å². The molecule has 0 unspecified atom stereocenters. The van der Waals surface area contributed by atoms with Gasteiger partial charge in [0, 0.05) is 28.4 Å². The van der Waals surface area contributed by atoms with Crippen molar-refractivity contribution in [2.45, 2.75) is 13.0 Å². The van der Waals surface area contributed by atoms with Crippen LogP contribution in [0.25, 0.3) is 0 Å². The first-order chi connectivity index (χ1) is 11.0. The second kappa shape index (κ2) is 7.97. The molecule has 2 rings (SSSR count). The molecule has 1 aliphatic rings. The summed E-state index contributed by atoms with van der Waals surface area (Å²) < 4.78 is 10.1. The summed E-state index contributed by atoms with van der Waals surface area (Å²) in [5.74, 6) is -0.483. The van der Waals surface area contributed by atoms with Gasteiger partial charge in [-0.2, -0.15) is 0 Å². The van der Waals surface area contributed by atoms with E-state index in [1.807, 2.05) is 0 Å². The van der Waals surface area contributed by atoms with Crippen molar-refractivity contribution in [3.8, 4) is 0 Å². The van der Waals surface area contributed by atoms with Crippen LogP contribution in [0.2, 0.25) is 10.0 Å². The SMILES string of the molecule is COCCOC(=O)C1=C(C)NC(=S)N[C@H]1c1c(Cl)cccc1Cl. The molecular formula is C15H16Cl2N2O3S. The van der Waals surface area contributed by atoms with Crippen molar-refractivity contribution in [2.75, 3.05) is 20.3 Å². The number of esters is 1. The van der Waals surface area contributed by atoms with Gasteiger partial charge in [-0.1, -0.05) is 29.3 Å². The second-order valence-corrected chi connectivity index (χ2v) is 6.06. The average Bonchev–Trinajstić information content (AvgIpc) is 2.46. The lowest BCUT2D eigenvalue weighted by Crippen LogP contribution is -2.45. The Balaban J connectivity index is 2.40. The first kappa shape index (κ1) is 18.0. The molecule has 2 N–H and O–H groups in total.